The molecule has 0 N–H and O–H groups in total. The number of benzene rings is 1. The molecule has 76 valence electrons. The summed E-state index contributed by atoms with van der Waals surface area (Å²) in [7, 11) is 0. The van der Waals surface area contributed by atoms with Crippen molar-refractivity contribution in [2.24, 2.45) is 0 Å². The van der Waals surface area contributed by atoms with Crippen LogP contribution in [0.25, 0.3) is 5.69 Å². The van der Waals surface area contributed by atoms with Crippen molar-refractivity contribution in [3.8, 4) is 5.69 Å². The summed E-state index contributed by atoms with van der Waals surface area (Å²) < 4.78 is 2.41. The smallest absolute Gasteiger partial charge is 0.153 e. The van der Waals surface area contributed by atoms with E-state index in [9.17, 15) is 4.79 Å². The minimum absolute atomic E-state index is 0.543. The Labute approximate surface area is 99.8 Å². The van der Waals surface area contributed by atoms with Crippen LogP contribution in [0.4, 0.5) is 0 Å². The van der Waals surface area contributed by atoms with Crippen LogP contribution in [0.1, 0.15) is 10.4 Å². The van der Waals surface area contributed by atoms with E-state index in [0.717, 1.165) is 16.4 Å². The molecular formula is C10H6BrClN2O. The van der Waals surface area contributed by atoms with Gasteiger partial charge in [-0.3, -0.25) is 4.79 Å². The van der Waals surface area contributed by atoms with E-state index >= 15 is 0 Å². The molecule has 1 heterocycles. The first-order valence-electron chi connectivity index (χ1n) is 4.16. The van der Waals surface area contributed by atoms with Crippen LogP contribution < -0.4 is 0 Å². The molecular weight excluding hydrogens is 279 g/mol. The highest BCUT2D eigenvalue weighted by atomic mass is 79.9. The van der Waals surface area contributed by atoms with Gasteiger partial charge in [0.15, 0.2) is 6.29 Å². The minimum atomic E-state index is 0.543. The highest BCUT2D eigenvalue weighted by Gasteiger charge is 2.02. The van der Waals surface area contributed by atoms with Crippen LogP contribution in [-0.4, -0.2) is 16.1 Å². The summed E-state index contributed by atoms with van der Waals surface area (Å²) in [5.41, 5.74) is 1.39. The second-order valence-electron chi connectivity index (χ2n) is 2.93. The molecule has 2 aromatic rings. The van der Waals surface area contributed by atoms with Gasteiger partial charge in [-0.25, -0.2) is 4.68 Å². The third-order valence-corrected chi connectivity index (χ3v) is 3.12. The van der Waals surface area contributed by atoms with Gasteiger partial charge in [-0.2, -0.15) is 5.10 Å². The van der Waals surface area contributed by atoms with Gasteiger partial charge in [0.1, 0.15) is 0 Å². The fourth-order valence-corrected chi connectivity index (χ4v) is 1.65. The highest BCUT2D eigenvalue weighted by molar-refractivity contribution is 9.10. The minimum Gasteiger partial charge on any atom is -0.298 e. The first kappa shape index (κ1) is 10.4. The number of rotatable bonds is 2. The lowest BCUT2D eigenvalue weighted by molar-refractivity contribution is 0.112. The van der Waals surface area contributed by atoms with Crippen molar-refractivity contribution in [3.63, 3.8) is 0 Å². The Hall–Kier alpha value is -1.13. The van der Waals surface area contributed by atoms with E-state index in [2.05, 4.69) is 21.0 Å². The molecule has 3 nitrogen and oxygen atoms in total. The molecule has 0 aliphatic heterocycles. The van der Waals surface area contributed by atoms with Crippen LogP contribution in [0.5, 0.6) is 0 Å². The lowest BCUT2D eigenvalue weighted by Gasteiger charge is -2.02. The summed E-state index contributed by atoms with van der Waals surface area (Å²) in [5.74, 6) is 0. The molecule has 1 aromatic carbocycles. The van der Waals surface area contributed by atoms with Crippen molar-refractivity contribution in [2.45, 2.75) is 0 Å². The summed E-state index contributed by atoms with van der Waals surface area (Å²) in [5, 5.41) is 4.69. The van der Waals surface area contributed by atoms with Crippen LogP contribution in [0.15, 0.2) is 35.1 Å². The standard InChI is InChI=1S/C10H6BrClN2O/c11-9-3-8(1-2-10(9)12)14-5-7(6-15)4-13-14/h1-6H. The van der Waals surface area contributed by atoms with E-state index < -0.39 is 0 Å². The molecule has 0 saturated heterocycles. The average Bonchev–Trinajstić information content (AvgIpc) is 2.70. The van der Waals surface area contributed by atoms with Gasteiger partial charge in [0.25, 0.3) is 0 Å². The molecule has 0 unspecified atom stereocenters. The van der Waals surface area contributed by atoms with Gasteiger partial charge in [0, 0.05) is 10.7 Å². The fraction of sp³-hybridized carbons (Fsp3) is 0. The van der Waals surface area contributed by atoms with Gasteiger partial charge in [0.05, 0.1) is 22.5 Å². The Morgan fingerprint density at radius 1 is 1.47 bits per heavy atom. The number of halogens is 2. The monoisotopic (exact) mass is 284 g/mol. The van der Waals surface area contributed by atoms with Crippen molar-refractivity contribution in [3.05, 3.63) is 45.7 Å². The molecule has 0 fully saturated rings. The lowest BCUT2D eigenvalue weighted by Crippen LogP contribution is -1.93. The van der Waals surface area contributed by atoms with E-state index in [1.807, 2.05) is 12.1 Å². The summed E-state index contributed by atoms with van der Waals surface area (Å²) in [4.78, 5) is 10.5. The number of nitrogens with zero attached hydrogens (tertiary/aromatic N) is 2. The average molecular weight is 286 g/mol. The Balaban J connectivity index is 2.44. The van der Waals surface area contributed by atoms with Crippen molar-refractivity contribution in [1.82, 2.24) is 9.78 Å². The molecule has 15 heavy (non-hydrogen) atoms. The van der Waals surface area contributed by atoms with E-state index in [1.54, 1.807) is 16.9 Å². The maximum absolute atomic E-state index is 10.5. The number of aromatic nitrogens is 2. The number of hydrogen-bond acceptors (Lipinski definition) is 2. The van der Waals surface area contributed by atoms with E-state index in [-0.39, 0.29) is 0 Å². The van der Waals surface area contributed by atoms with Gasteiger partial charge in [-0.1, -0.05) is 11.6 Å². The first-order valence-corrected chi connectivity index (χ1v) is 5.33. The molecule has 1 aromatic heterocycles. The fourth-order valence-electron chi connectivity index (χ4n) is 1.17. The number of carbonyl (C=O) groups is 1. The van der Waals surface area contributed by atoms with Gasteiger partial charge >= 0.3 is 0 Å². The molecule has 0 saturated carbocycles. The number of carbonyl (C=O) groups excluding carboxylic acids is 1. The van der Waals surface area contributed by atoms with E-state index in [4.69, 9.17) is 11.6 Å². The van der Waals surface area contributed by atoms with Gasteiger partial charge in [0.2, 0.25) is 0 Å². The molecule has 0 atom stereocenters. The Bertz CT molecular complexity index is 510. The molecule has 0 aliphatic rings. The zero-order chi connectivity index (χ0) is 10.8. The maximum atomic E-state index is 10.5. The molecule has 0 aliphatic carbocycles. The zero-order valence-electron chi connectivity index (χ0n) is 7.52. The van der Waals surface area contributed by atoms with E-state index in [0.29, 0.717) is 10.6 Å². The summed E-state index contributed by atoms with van der Waals surface area (Å²) in [6.07, 6.45) is 3.92. The van der Waals surface area contributed by atoms with Gasteiger partial charge in [-0.15, -0.1) is 0 Å². The number of hydrogen-bond donors (Lipinski definition) is 0. The van der Waals surface area contributed by atoms with Crippen LogP contribution in [0.2, 0.25) is 5.02 Å². The second-order valence-corrected chi connectivity index (χ2v) is 4.20. The third kappa shape index (κ3) is 2.11. The molecule has 0 bridgehead atoms. The lowest BCUT2D eigenvalue weighted by atomic mass is 10.3. The van der Waals surface area contributed by atoms with Crippen molar-refractivity contribution >= 4 is 33.8 Å². The van der Waals surface area contributed by atoms with Crippen LogP contribution in [0.3, 0.4) is 0 Å². The van der Waals surface area contributed by atoms with Gasteiger partial charge < -0.3 is 0 Å². The SMILES string of the molecule is O=Cc1cnn(-c2ccc(Cl)c(Br)c2)c1. The molecule has 0 amide bonds. The topological polar surface area (TPSA) is 34.9 Å². The normalized spacial score (nSPS) is 10.3. The van der Waals surface area contributed by atoms with Crippen LogP contribution in [0, 0.1) is 0 Å². The summed E-state index contributed by atoms with van der Waals surface area (Å²) >= 11 is 9.19. The predicted octanol–water partition coefficient (Wildman–Crippen LogP) is 3.10. The summed E-state index contributed by atoms with van der Waals surface area (Å²) in [6.45, 7) is 0. The van der Waals surface area contributed by atoms with Crippen molar-refractivity contribution in [1.29, 1.82) is 0 Å². The Morgan fingerprint density at radius 2 is 2.27 bits per heavy atom. The third-order valence-electron chi connectivity index (χ3n) is 1.91. The highest BCUT2D eigenvalue weighted by Crippen LogP contribution is 2.24. The van der Waals surface area contributed by atoms with Crippen molar-refractivity contribution in [2.75, 3.05) is 0 Å². The predicted molar refractivity (Wildman–Crippen MR) is 61.7 cm³/mol. The molecule has 5 heteroatoms. The molecule has 0 spiro atoms. The largest absolute Gasteiger partial charge is 0.298 e. The van der Waals surface area contributed by atoms with Crippen LogP contribution >= 0.6 is 27.5 Å². The first-order chi connectivity index (χ1) is 7.20. The van der Waals surface area contributed by atoms with Crippen molar-refractivity contribution < 1.29 is 4.79 Å². The zero-order valence-corrected chi connectivity index (χ0v) is 9.86. The van der Waals surface area contributed by atoms with Gasteiger partial charge in [-0.05, 0) is 34.1 Å². The quantitative estimate of drug-likeness (QED) is 0.795. The van der Waals surface area contributed by atoms with Crippen LogP contribution in [-0.2, 0) is 0 Å². The second kappa shape index (κ2) is 4.16. The maximum Gasteiger partial charge on any atom is 0.153 e. The molecule has 0 radical (unpaired) electrons. The Morgan fingerprint density at radius 3 is 2.87 bits per heavy atom. The molecule has 2 rings (SSSR count). The summed E-state index contributed by atoms with van der Waals surface area (Å²) in [6, 6.07) is 5.43. The Kier molecular flexibility index (Phi) is 2.88. The number of aldehydes is 1. The van der Waals surface area contributed by atoms with E-state index in [1.165, 1.54) is 6.20 Å².